The van der Waals surface area contributed by atoms with E-state index in [9.17, 15) is 118 Å². The number of phenols is 2. The molecule has 16 atom stereocenters. The smallest absolute Gasteiger partial charge is 0.326 e. The molecule has 0 unspecified atom stereocenters. The number of hydrogen-bond acceptors (Lipinski definition) is 23. The van der Waals surface area contributed by atoms with Crippen LogP contribution in [-0.2, 0) is 89.6 Å². The number of carbonyl (C=O) groups excluding carboxylic acids is 13. The average Bonchev–Trinajstić information content (AvgIpc) is 0.854. The number of benzene rings is 2. The minimum Gasteiger partial charge on any atom is -0.508 e. The van der Waals surface area contributed by atoms with Crippen LogP contribution >= 0.6 is 11.8 Å². The molecule has 0 aromatic heterocycles. The third kappa shape index (κ3) is 31.1. The third-order valence-electron chi connectivity index (χ3n) is 16.2. The van der Waals surface area contributed by atoms with Crippen molar-refractivity contribution in [3.63, 3.8) is 0 Å². The highest BCUT2D eigenvalue weighted by molar-refractivity contribution is 7.98. The zero-order valence-electron chi connectivity index (χ0n) is 58.9. The first-order valence-electron chi connectivity index (χ1n) is 33.1. The number of thioether (sulfide) groups is 1. The van der Waals surface area contributed by atoms with Gasteiger partial charge in [-0.3, -0.25) is 71.9 Å². The lowest BCUT2D eigenvalue weighted by molar-refractivity contribution is -0.142. The number of aliphatic hydroxyl groups is 3. The Kier molecular flexibility index (Phi) is 38.9. The molecule has 0 aliphatic rings. The Morgan fingerprint density at radius 2 is 0.808 bits per heavy atom. The Bertz CT molecular complexity index is 3310. The van der Waals surface area contributed by atoms with Crippen LogP contribution in [0.4, 0.5) is 0 Å². The fourth-order valence-corrected chi connectivity index (χ4v) is 9.98. The van der Waals surface area contributed by atoms with Crippen molar-refractivity contribution < 1.29 is 118 Å². The van der Waals surface area contributed by atoms with Gasteiger partial charge in [0.2, 0.25) is 76.8 Å². The summed E-state index contributed by atoms with van der Waals surface area (Å²) >= 11 is 1.35. The molecule has 0 saturated heterocycles. The van der Waals surface area contributed by atoms with Gasteiger partial charge >= 0.3 is 17.9 Å². The molecule has 578 valence electrons. The third-order valence-corrected chi connectivity index (χ3v) is 16.9. The molecule has 23 N–H and O–H groups in total. The van der Waals surface area contributed by atoms with E-state index >= 15 is 0 Å². The minimum atomic E-state index is -2.11. The van der Waals surface area contributed by atoms with Gasteiger partial charge in [0, 0.05) is 12.8 Å². The Labute approximate surface area is 602 Å². The summed E-state index contributed by atoms with van der Waals surface area (Å²) in [4.78, 5) is 212. The average molecular weight is 1490 g/mol. The summed E-state index contributed by atoms with van der Waals surface area (Å²) in [5, 5.41) is 109. The Morgan fingerprint density at radius 3 is 1.26 bits per heavy atom. The van der Waals surface area contributed by atoms with E-state index in [1.165, 1.54) is 81.1 Å². The second kappa shape index (κ2) is 45.0. The fourth-order valence-electron chi connectivity index (χ4n) is 9.51. The van der Waals surface area contributed by atoms with Crippen molar-refractivity contribution in [3.8, 4) is 11.5 Å². The maximum Gasteiger partial charge on any atom is 0.326 e. The monoisotopic (exact) mass is 1490 g/mol. The van der Waals surface area contributed by atoms with E-state index in [-0.39, 0.29) is 42.7 Å². The lowest BCUT2D eigenvalue weighted by Gasteiger charge is -2.29. The van der Waals surface area contributed by atoms with Gasteiger partial charge in [0.1, 0.15) is 84.0 Å². The maximum atomic E-state index is 14.2. The van der Waals surface area contributed by atoms with Crippen molar-refractivity contribution in [3.05, 3.63) is 59.7 Å². The van der Waals surface area contributed by atoms with Gasteiger partial charge in [-0.2, -0.15) is 11.8 Å². The molecule has 0 saturated carbocycles. The zero-order valence-corrected chi connectivity index (χ0v) is 59.8. The quantitative estimate of drug-likeness (QED) is 0.0293. The molecule has 2 rings (SSSR count). The second-order valence-corrected chi connectivity index (χ2v) is 25.7. The molecule has 0 aliphatic heterocycles. The van der Waals surface area contributed by atoms with Gasteiger partial charge in [-0.1, -0.05) is 64.8 Å². The van der Waals surface area contributed by atoms with E-state index in [0.29, 0.717) is 11.3 Å². The van der Waals surface area contributed by atoms with Crippen molar-refractivity contribution in [1.29, 1.82) is 0 Å². The number of carbonyl (C=O) groups is 16. The summed E-state index contributed by atoms with van der Waals surface area (Å²) in [7, 11) is 0. The van der Waals surface area contributed by atoms with Crippen LogP contribution in [0.3, 0.4) is 0 Å². The van der Waals surface area contributed by atoms with E-state index in [4.69, 9.17) is 5.73 Å². The highest BCUT2D eigenvalue weighted by atomic mass is 32.2. The van der Waals surface area contributed by atoms with E-state index in [1.54, 1.807) is 27.0 Å². The van der Waals surface area contributed by atoms with Crippen LogP contribution < -0.4 is 74.9 Å². The molecule has 39 heteroatoms. The fraction of sp³-hybridized carbons (Fsp3) is 0.569. The van der Waals surface area contributed by atoms with Gasteiger partial charge in [0.25, 0.3) is 0 Å². The molecule has 0 fully saturated rings. The predicted octanol–water partition coefficient (Wildman–Crippen LogP) is -6.16. The molecule has 0 bridgehead atoms. The van der Waals surface area contributed by atoms with Crippen LogP contribution in [0.1, 0.15) is 105 Å². The number of rotatable bonds is 46. The SMILES string of the molecule is CC[C@H](C)[C@H](NC(=O)[C@H](C)NC(=O)[C@@H](NC(=O)CNC(=O)[C@H](CCC(=O)O)NC(=O)[C@H](C)NC(=O)[C@@H](N)Cc1ccc(O)cc1)[C@@H](C)O)C(=O)N[C@@H](CO)C(=O)N[C@@H](CC(=O)O)C(=O)N[C@@H](Cc1ccc(O)cc1)C(=O)N[C@@H](CO)C(=O)N[C@H](C(=O)N[C@@H](C)C(=O)N[C@@H](CCSC)C(=O)O)[C@@H](C)CC. The van der Waals surface area contributed by atoms with Crippen LogP contribution in [0.25, 0.3) is 0 Å². The predicted molar refractivity (Wildman–Crippen MR) is 369 cm³/mol. The van der Waals surface area contributed by atoms with Crippen LogP contribution in [0, 0.1) is 11.8 Å². The topological polar surface area (TPSA) is 617 Å². The van der Waals surface area contributed by atoms with E-state index < -0.39 is 237 Å². The number of carboxylic acid groups (broad SMARTS) is 3. The Balaban J connectivity index is 2.25. The molecule has 2 aromatic rings. The molecule has 0 heterocycles. The molecule has 2 aromatic carbocycles. The molecule has 13 amide bonds. The molecule has 38 nitrogen and oxygen atoms in total. The van der Waals surface area contributed by atoms with Gasteiger partial charge in [-0.25, -0.2) is 4.79 Å². The first-order chi connectivity index (χ1) is 48.8. The van der Waals surface area contributed by atoms with Crippen molar-refractivity contribution in [2.75, 3.05) is 31.8 Å². The summed E-state index contributed by atoms with van der Waals surface area (Å²) in [5.41, 5.74) is 6.83. The van der Waals surface area contributed by atoms with Crippen molar-refractivity contribution in [2.24, 2.45) is 17.6 Å². The molecule has 0 radical (unpaired) electrons. The number of aromatic hydroxyl groups is 2. The number of amides is 13. The number of aliphatic carboxylic acids is 3. The normalized spacial score (nSPS) is 15.7. The van der Waals surface area contributed by atoms with E-state index in [0.717, 1.165) is 13.8 Å². The minimum absolute atomic E-state index is 0.0186. The molecule has 104 heavy (non-hydrogen) atoms. The van der Waals surface area contributed by atoms with Crippen molar-refractivity contribution in [2.45, 2.75) is 191 Å². The lowest BCUT2D eigenvalue weighted by Crippen LogP contribution is -2.62. The largest absolute Gasteiger partial charge is 0.508 e. The van der Waals surface area contributed by atoms with Crippen molar-refractivity contribution >= 4 is 106 Å². The number of hydrogen-bond donors (Lipinski definition) is 22. The number of nitrogens with one attached hydrogen (secondary N) is 13. The molecule has 0 spiro atoms. The van der Waals surface area contributed by atoms with Crippen molar-refractivity contribution in [1.82, 2.24) is 69.1 Å². The molecular formula is C65H98N14O24S. The van der Waals surface area contributed by atoms with Crippen LogP contribution in [-0.4, -0.2) is 252 Å². The van der Waals surface area contributed by atoms with Gasteiger partial charge in [-0.15, -0.1) is 0 Å². The highest BCUT2D eigenvalue weighted by Crippen LogP contribution is 2.16. The lowest BCUT2D eigenvalue weighted by atomic mass is 9.97. The van der Waals surface area contributed by atoms with Gasteiger partial charge < -0.3 is 116 Å². The summed E-state index contributed by atoms with van der Waals surface area (Å²) in [6, 6.07) is -9.90. The van der Waals surface area contributed by atoms with Crippen LogP contribution in [0.5, 0.6) is 11.5 Å². The van der Waals surface area contributed by atoms with Gasteiger partial charge in [0.05, 0.1) is 38.3 Å². The number of carboxylic acids is 3. The number of nitrogens with two attached hydrogens (primary N) is 1. The van der Waals surface area contributed by atoms with Crippen LogP contribution in [0.15, 0.2) is 48.5 Å². The van der Waals surface area contributed by atoms with Gasteiger partial charge in [0.15, 0.2) is 0 Å². The summed E-state index contributed by atoms with van der Waals surface area (Å²) in [6.07, 6.45) is -2.26. The first-order valence-corrected chi connectivity index (χ1v) is 34.5. The zero-order chi connectivity index (χ0) is 78.8. The Hall–Kier alpha value is -10.2. The van der Waals surface area contributed by atoms with Gasteiger partial charge in [-0.05, 0) is 106 Å². The first kappa shape index (κ1) is 89.8. The second-order valence-electron chi connectivity index (χ2n) is 24.7. The molecule has 0 aliphatic carbocycles. The molecular weight excluding hydrogens is 1390 g/mol. The summed E-state index contributed by atoms with van der Waals surface area (Å²) in [5.74, 6) is -19.8. The number of phenolic OH excluding ortho intramolecular Hbond substituents is 2. The van der Waals surface area contributed by atoms with E-state index in [1.807, 2.05) is 0 Å². The summed E-state index contributed by atoms with van der Waals surface area (Å²) in [6.45, 7) is 7.80. The maximum absolute atomic E-state index is 14.2. The standard InChI is InChI=1S/C65H98N14O24S/c1-10-30(3)50(62(99)69-33(6)54(91)72-42(65(102)103)22-23-104-9)79-61(98)46(29-81)75-58(95)43(25-37-14-18-39(84)19-15-37)73-59(96)44(26-49(88)89)74-60(97)45(28-80)76-63(100)51(31(4)11-2)78-55(92)34(7)70-64(101)52(35(8)82)77-47(85)27-67-57(94)41(20-21-48(86)87)71-53(90)32(5)68-56(93)40(66)24-36-12-16-38(83)17-13-36/h12-19,30-35,40-46,50-52,80-84H,10-11,20-29,66H2,1-9H3,(H,67,94)(H,68,93)(H,69,99)(H,70,101)(H,71,90)(H,72,91)(H,73,96)(H,74,97)(H,75,95)(H,76,100)(H,77,85)(H,78,92)(H,79,98)(H,86,87)(H,88,89)(H,102,103)/t30-,31-,32-,33-,34-,35+,40-,41-,42-,43-,44-,45-,46-,50-,51-,52-/m0/s1. The Morgan fingerprint density at radius 1 is 0.423 bits per heavy atom. The summed E-state index contributed by atoms with van der Waals surface area (Å²) < 4.78 is 0. The van der Waals surface area contributed by atoms with Crippen LogP contribution in [0.2, 0.25) is 0 Å². The van der Waals surface area contributed by atoms with E-state index in [2.05, 4.69) is 69.1 Å². The number of aliphatic hydroxyl groups excluding tert-OH is 3. The highest BCUT2D eigenvalue weighted by Gasteiger charge is 2.38.